The van der Waals surface area contributed by atoms with Crippen LogP contribution >= 0.6 is 11.8 Å². The number of fused-ring (bicyclic) bond motifs is 1. The van der Waals surface area contributed by atoms with Gasteiger partial charge in [-0.1, -0.05) is 25.6 Å². The number of carbonyl (C=O) groups excluding carboxylic acids is 1. The summed E-state index contributed by atoms with van der Waals surface area (Å²) < 4.78 is 79.8. The summed E-state index contributed by atoms with van der Waals surface area (Å²) in [6.45, 7) is 4.71. The number of halogens is 6. The first-order chi connectivity index (χ1) is 16.3. The number of aromatic nitrogens is 4. The normalized spacial score (nSPS) is 12.4. The van der Waals surface area contributed by atoms with Crippen LogP contribution in [0, 0.1) is 5.92 Å². The molecule has 190 valence electrons. The molecule has 0 radical (unpaired) electrons. The summed E-state index contributed by atoms with van der Waals surface area (Å²) in [4.78, 5) is 21.3. The molecule has 0 fully saturated rings. The van der Waals surface area contributed by atoms with Gasteiger partial charge in [-0.2, -0.15) is 31.4 Å². The Labute approximate surface area is 200 Å². The molecule has 0 unspecified atom stereocenters. The number of hydrogen-bond acceptors (Lipinski definition) is 6. The van der Waals surface area contributed by atoms with Crippen molar-refractivity contribution < 1.29 is 31.1 Å². The number of anilines is 1. The maximum absolute atomic E-state index is 13.0. The number of hydrogen-bond donors (Lipinski definition) is 2. The average molecular weight is 521 g/mol. The van der Waals surface area contributed by atoms with Crippen molar-refractivity contribution in [3.8, 4) is 0 Å². The van der Waals surface area contributed by atoms with E-state index in [1.807, 2.05) is 13.8 Å². The van der Waals surface area contributed by atoms with Crippen molar-refractivity contribution in [3.63, 3.8) is 0 Å². The lowest BCUT2D eigenvalue weighted by Crippen LogP contribution is -2.28. The zero-order valence-electron chi connectivity index (χ0n) is 18.9. The zero-order valence-corrected chi connectivity index (χ0v) is 19.7. The third-order valence-electron chi connectivity index (χ3n) is 4.80. The van der Waals surface area contributed by atoms with E-state index in [1.54, 1.807) is 12.5 Å². The van der Waals surface area contributed by atoms with Crippen LogP contribution in [0.5, 0.6) is 0 Å². The van der Waals surface area contributed by atoms with E-state index in [-0.39, 0.29) is 19.2 Å². The number of amides is 1. The van der Waals surface area contributed by atoms with E-state index in [9.17, 15) is 31.1 Å². The molecule has 35 heavy (non-hydrogen) atoms. The van der Waals surface area contributed by atoms with Crippen molar-refractivity contribution in [2.45, 2.75) is 37.9 Å². The molecule has 0 saturated carbocycles. The summed E-state index contributed by atoms with van der Waals surface area (Å²) in [5.41, 5.74) is -3.38. The van der Waals surface area contributed by atoms with E-state index < -0.39 is 35.0 Å². The summed E-state index contributed by atoms with van der Waals surface area (Å²) in [5.74, 6) is -0.125. The first kappa shape index (κ1) is 26.6. The number of carbonyl (C=O) groups is 1. The third kappa shape index (κ3) is 6.55. The Balaban J connectivity index is 1.79. The summed E-state index contributed by atoms with van der Waals surface area (Å²) >= 11 is 1.32. The van der Waals surface area contributed by atoms with Crippen molar-refractivity contribution in [2.24, 2.45) is 5.92 Å². The highest BCUT2D eigenvalue weighted by Gasteiger charge is 2.37. The maximum Gasteiger partial charge on any atom is 0.416 e. The van der Waals surface area contributed by atoms with Gasteiger partial charge >= 0.3 is 12.4 Å². The number of alkyl halides is 6. The Morgan fingerprint density at radius 3 is 2.23 bits per heavy atom. The second-order valence-electron chi connectivity index (χ2n) is 7.99. The lowest BCUT2D eigenvalue weighted by molar-refractivity contribution is -0.143. The topological polar surface area (TPSA) is 84.7 Å². The molecule has 3 rings (SSSR count). The van der Waals surface area contributed by atoms with Crippen LogP contribution in [0.25, 0.3) is 11.0 Å². The lowest BCUT2D eigenvalue weighted by atomic mass is 10.0. The van der Waals surface area contributed by atoms with Crippen LogP contribution in [0.3, 0.4) is 0 Å². The van der Waals surface area contributed by atoms with Gasteiger partial charge in [0.1, 0.15) is 5.82 Å². The van der Waals surface area contributed by atoms with E-state index in [4.69, 9.17) is 0 Å². The van der Waals surface area contributed by atoms with Gasteiger partial charge in [0, 0.05) is 18.7 Å². The molecule has 0 bridgehead atoms. The molecular formula is C21H22F6N6OS. The van der Waals surface area contributed by atoms with Gasteiger partial charge in [-0.25, -0.2) is 14.6 Å². The lowest BCUT2D eigenvalue weighted by Gasteiger charge is -2.14. The fraction of sp³-hybridized carbons (Fsp3) is 0.429. The molecule has 2 aromatic heterocycles. The van der Waals surface area contributed by atoms with Crippen molar-refractivity contribution in [2.75, 3.05) is 24.7 Å². The number of thioether (sulfide) groups is 1. The fourth-order valence-corrected chi connectivity index (χ4v) is 3.45. The Kier molecular flexibility index (Phi) is 7.82. The molecule has 0 aliphatic rings. The first-order valence-electron chi connectivity index (χ1n) is 10.4. The predicted octanol–water partition coefficient (Wildman–Crippen LogP) is 5.08. The largest absolute Gasteiger partial charge is 0.416 e. The molecule has 0 saturated heterocycles. The minimum absolute atomic E-state index is 0.0272. The van der Waals surface area contributed by atoms with Crippen molar-refractivity contribution >= 4 is 34.5 Å². The van der Waals surface area contributed by atoms with Gasteiger partial charge in [-0.05, 0) is 30.4 Å². The number of rotatable bonds is 8. The second-order valence-corrected chi connectivity index (χ2v) is 8.76. The molecule has 1 aromatic carbocycles. The van der Waals surface area contributed by atoms with Crippen molar-refractivity contribution in [3.05, 3.63) is 41.1 Å². The summed E-state index contributed by atoms with van der Waals surface area (Å²) in [6.07, 6.45) is -6.73. The number of nitrogens with one attached hydrogen (secondary N) is 2. The third-order valence-corrected chi connectivity index (χ3v) is 5.34. The number of nitrogens with zero attached hydrogens (tertiary/aromatic N) is 4. The molecule has 0 atom stereocenters. The van der Waals surface area contributed by atoms with Crippen LogP contribution in [0.15, 0.2) is 29.6 Å². The van der Waals surface area contributed by atoms with Gasteiger partial charge < -0.3 is 10.6 Å². The van der Waals surface area contributed by atoms with Crippen LogP contribution in [0.1, 0.15) is 35.3 Å². The fourth-order valence-electron chi connectivity index (χ4n) is 3.09. The maximum atomic E-state index is 13.0. The van der Waals surface area contributed by atoms with Gasteiger partial charge in [-0.15, -0.1) is 0 Å². The summed E-state index contributed by atoms with van der Waals surface area (Å²) in [5, 5.41) is 10.9. The van der Waals surface area contributed by atoms with Crippen LogP contribution in [-0.2, 0) is 18.9 Å². The van der Waals surface area contributed by atoms with Crippen molar-refractivity contribution in [1.82, 2.24) is 25.1 Å². The standard InChI is InChI=1S/C21H22F6N6OS/c1-11(2)9-29-16-15-10-30-33(17(15)32-19(31-16)35-3)5-4-28-18(34)12-6-13(20(22,23)24)8-14(7-12)21(25,26)27/h6-8,10-11H,4-5,9H2,1-3H3,(H,28,34)(H,29,31,32). The smallest absolute Gasteiger partial charge is 0.369 e. The highest BCUT2D eigenvalue weighted by Crippen LogP contribution is 2.36. The Bertz CT molecular complexity index is 1180. The highest BCUT2D eigenvalue weighted by molar-refractivity contribution is 7.98. The minimum Gasteiger partial charge on any atom is -0.369 e. The highest BCUT2D eigenvalue weighted by atomic mass is 32.2. The van der Waals surface area contributed by atoms with Crippen molar-refractivity contribution in [1.29, 1.82) is 0 Å². The quantitative estimate of drug-likeness (QED) is 0.245. The molecule has 3 aromatic rings. The van der Waals surface area contributed by atoms with E-state index in [0.29, 0.717) is 46.6 Å². The van der Waals surface area contributed by atoms with E-state index in [2.05, 4.69) is 25.7 Å². The summed E-state index contributed by atoms with van der Waals surface area (Å²) in [7, 11) is 0. The van der Waals surface area contributed by atoms with Crippen LogP contribution in [0.4, 0.5) is 32.2 Å². The van der Waals surface area contributed by atoms with E-state index in [0.717, 1.165) is 0 Å². The molecule has 14 heteroatoms. The van der Waals surface area contributed by atoms with Gasteiger partial charge in [-0.3, -0.25) is 4.79 Å². The van der Waals surface area contributed by atoms with E-state index >= 15 is 0 Å². The molecule has 0 spiro atoms. The molecule has 1 amide bonds. The van der Waals surface area contributed by atoms with Crippen LogP contribution < -0.4 is 10.6 Å². The molecule has 2 heterocycles. The van der Waals surface area contributed by atoms with Gasteiger partial charge in [0.05, 0.1) is 29.3 Å². The molecular weight excluding hydrogens is 498 g/mol. The van der Waals surface area contributed by atoms with Gasteiger partial charge in [0.15, 0.2) is 10.8 Å². The minimum atomic E-state index is -5.04. The second kappa shape index (κ2) is 10.3. The summed E-state index contributed by atoms with van der Waals surface area (Å²) in [6, 6.07) is 0.748. The van der Waals surface area contributed by atoms with Crippen LogP contribution in [0.2, 0.25) is 0 Å². The molecule has 0 aliphatic heterocycles. The average Bonchev–Trinajstić information content (AvgIpc) is 3.18. The Hall–Kier alpha value is -3.03. The van der Waals surface area contributed by atoms with E-state index in [1.165, 1.54) is 16.4 Å². The Morgan fingerprint density at radius 2 is 1.69 bits per heavy atom. The zero-order chi connectivity index (χ0) is 26.0. The van der Waals surface area contributed by atoms with Gasteiger partial charge in [0.2, 0.25) is 0 Å². The monoisotopic (exact) mass is 520 g/mol. The van der Waals surface area contributed by atoms with Crippen LogP contribution in [-0.4, -0.2) is 45.0 Å². The predicted molar refractivity (Wildman–Crippen MR) is 119 cm³/mol. The first-order valence-corrected chi connectivity index (χ1v) is 11.6. The number of benzene rings is 1. The molecule has 7 nitrogen and oxygen atoms in total. The SMILES string of the molecule is CSc1nc(NCC(C)C)c2cnn(CCNC(=O)c3cc(C(F)(F)F)cc(C(F)(F)F)c3)c2n1. The van der Waals surface area contributed by atoms with Gasteiger partial charge in [0.25, 0.3) is 5.91 Å². The molecule has 2 N–H and O–H groups in total. The Morgan fingerprint density at radius 1 is 1.06 bits per heavy atom. The molecule has 0 aliphatic carbocycles.